The number of benzene rings is 2. The number of carbonyl (C=O) groups is 1. The van der Waals surface area contributed by atoms with Crippen molar-refractivity contribution in [2.75, 3.05) is 31.1 Å². The van der Waals surface area contributed by atoms with Crippen LogP contribution in [0.4, 0.5) is 5.95 Å². The lowest BCUT2D eigenvalue weighted by Gasteiger charge is -2.39. The van der Waals surface area contributed by atoms with Gasteiger partial charge in [0, 0.05) is 44.2 Å². The Morgan fingerprint density at radius 3 is 2.43 bits per heavy atom. The van der Waals surface area contributed by atoms with Crippen molar-refractivity contribution in [3.8, 4) is 0 Å². The van der Waals surface area contributed by atoms with Crippen LogP contribution in [0.1, 0.15) is 63.5 Å². The predicted molar refractivity (Wildman–Crippen MR) is 152 cm³/mol. The maximum absolute atomic E-state index is 12.9. The van der Waals surface area contributed by atoms with Gasteiger partial charge < -0.3 is 14.8 Å². The van der Waals surface area contributed by atoms with Crippen molar-refractivity contribution in [3.63, 3.8) is 0 Å². The minimum absolute atomic E-state index is 0.0956. The monoisotopic (exact) mass is 501 g/mol. The highest BCUT2D eigenvalue weighted by Gasteiger charge is 2.28. The number of likely N-dealkylation sites (tertiary alicyclic amines) is 1. The molecule has 0 saturated carbocycles. The highest BCUT2D eigenvalue weighted by atomic mass is 16.1. The third-order valence-corrected chi connectivity index (χ3v) is 8.64. The van der Waals surface area contributed by atoms with Crippen LogP contribution in [0.5, 0.6) is 0 Å². The molecule has 2 saturated heterocycles. The second kappa shape index (κ2) is 11.7. The number of imidazole rings is 1. The molecule has 0 unspecified atom stereocenters. The number of fused-ring (bicyclic) bond motifs is 1. The van der Waals surface area contributed by atoms with Crippen molar-refractivity contribution >= 4 is 22.9 Å². The summed E-state index contributed by atoms with van der Waals surface area (Å²) >= 11 is 0. The molecule has 2 aromatic carbocycles. The minimum atomic E-state index is 0.0956. The van der Waals surface area contributed by atoms with Crippen LogP contribution in [0.3, 0.4) is 0 Å². The highest BCUT2D eigenvalue weighted by Crippen LogP contribution is 2.28. The summed E-state index contributed by atoms with van der Waals surface area (Å²) in [6.07, 6.45) is 6.72. The molecule has 2 aliphatic heterocycles. The van der Waals surface area contributed by atoms with Gasteiger partial charge in [-0.05, 0) is 76.1 Å². The molecular formula is C31H43N5O. The van der Waals surface area contributed by atoms with Gasteiger partial charge in [0.25, 0.3) is 0 Å². The van der Waals surface area contributed by atoms with Crippen LogP contribution in [-0.4, -0.2) is 58.6 Å². The lowest BCUT2D eigenvalue weighted by molar-refractivity contribution is -0.125. The van der Waals surface area contributed by atoms with Gasteiger partial charge in [0.2, 0.25) is 11.9 Å². The average Bonchev–Trinajstić information content (AvgIpc) is 3.27. The largest absolute Gasteiger partial charge is 0.356 e. The number of hydrogen-bond donors (Lipinski definition) is 1. The van der Waals surface area contributed by atoms with Gasteiger partial charge in [-0.3, -0.25) is 9.69 Å². The first-order chi connectivity index (χ1) is 18.0. The van der Waals surface area contributed by atoms with Crippen LogP contribution in [0, 0.1) is 12.8 Å². The molecule has 37 heavy (non-hydrogen) atoms. The summed E-state index contributed by atoms with van der Waals surface area (Å²) in [6, 6.07) is 18.3. The SMILES string of the molecule is Cc1ccccc1Cn1c(N2CCC(C(=O)NCCCN3[C@H](C)CCC[C@H]3C)CC2)nc2ccccc21. The summed E-state index contributed by atoms with van der Waals surface area (Å²) in [7, 11) is 0. The Labute approximate surface area is 222 Å². The van der Waals surface area contributed by atoms with Gasteiger partial charge in [0.05, 0.1) is 17.6 Å². The molecule has 198 valence electrons. The Hall–Kier alpha value is -2.86. The van der Waals surface area contributed by atoms with Crippen molar-refractivity contribution in [2.24, 2.45) is 5.92 Å². The number of hydrogen-bond acceptors (Lipinski definition) is 4. The van der Waals surface area contributed by atoms with Crippen molar-refractivity contribution in [1.82, 2.24) is 19.8 Å². The molecule has 1 N–H and O–H groups in total. The Kier molecular flexibility index (Phi) is 8.14. The first-order valence-corrected chi connectivity index (χ1v) is 14.3. The van der Waals surface area contributed by atoms with Gasteiger partial charge in [-0.2, -0.15) is 0 Å². The fourth-order valence-corrected chi connectivity index (χ4v) is 6.29. The maximum Gasteiger partial charge on any atom is 0.223 e. The second-order valence-corrected chi connectivity index (χ2v) is 11.2. The topological polar surface area (TPSA) is 53.4 Å². The van der Waals surface area contributed by atoms with Crippen LogP contribution >= 0.6 is 0 Å². The van der Waals surface area contributed by atoms with Crippen LogP contribution in [-0.2, 0) is 11.3 Å². The van der Waals surface area contributed by atoms with Gasteiger partial charge in [0.15, 0.2) is 0 Å². The smallest absolute Gasteiger partial charge is 0.223 e. The highest BCUT2D eigenvalue weighted by molar-refractivity contribution is 5.80. The van der Waals surface area contributed by atoms with Crippen molar-refractivity contribution in [2.45, 2.75) is 77.9 Å². The van der Waals surface area contributed by atoms with Crippen LogP contribution in [0.25, 0.3) is 11.0 Å². The zero-order valence-electron chi connectivity index (χ0n) is 22.8. The van der Waals surface area contributed by atoms with E-state index >= 15 is 0 Å². The third kappa shape index (κ3) is 5.85. The van der Waals surface area contributed by atoms with E-state index in [1.807, 2.05) is 0 Å². The lowest BCUT2D eigenvalue weighted by atomic mass is 9.96. The van der Waals surface area contributed by atoms with Gasteiger partial charge in [-0.1, -0.05) is 42.8 Å². The number of aryl methyl sites for hydroxylation is 1. The van der Waals surface area contributed by atoms with Crippen LogP contribution in [0.2, 0.25) is 0 Å². The van der Waals surface area contributed by atoms with E-state index in [9.17, 15) is 4.79 Å². The molecule has 0 radical (unpaired) electrons. The summed E-state index contributed by atoms with van der Waals surface area (Å²) < 4.78 is 2.35. The van der Waals surface area contributed by atoms with Gasteiger partial charge in [-0.25, -0.2) is 4.98 Å². The third-order valence-electron chi connectivity index (χ3n) is 8.64. The van der Waals surface area contributed by atoms with E-state index in [4.69, 9.17) is 4.98 Å². The molecule has 3 heterocycles. The first-order valence-electron chi connectivity index (χ1n) is 14.3. The number of anilines is 1. The number of piperidine rings is 2. The number of amides is 1. The zero-order valence-corrected chi connectivity index (χ0v) is 22.8. The van der Waals surface area contributed by atoms with E-state index in [0.717, 1.165) is 69.0 Å². The zero-order chi connectivity index (χ0) is 25.8. The second-order valence-electron chi connectivity index (χ2n) is 11.2. The van der Waals surface area contributed by atoms with E-state index in [-0.39, 0.29) is 11.8 Å². The minimum Gasteiger partial charge on any atom is -0.356 e. The number of nitrogens with zero attached hydrogens (tertiary/aromatic N) is 4. The molecule has 1 amide bonds. The lowest BCUT2D eigenvalue weighted by Crippen LogP contribution is -2.45. The number of para-hydroxylation sites is 2. The molecule has 5 rings (SSSR count). The molecule has 2 fully saturated rings. The van der Waals surface area contributed by atoms with E-state index in [1.54, 1.807) is 0 Å². The van der Waals surface area contributed by atoms with Crippen molar-refractivity contribution in [3.05, 3.63) is 59.7 Å². The molecule has 0 bridgehead atoms. The van der Waals surface area contributed by atoms with Crippen molar-refractivity contribution < 1.29 is 4.79 Å². The van der Waals surface area contributed by atoms with Crippen molar-refractivity contribution in [1.29, 1.82) is 0 Å². The quantitative estimate of drug-likeness (QED) is 0.421. The molecule has 6 heteroatoms. The Morgan fingerprint density at radius 2 is 1.68 bits per heavy atom. The summed E-state index contributed by atoms with van der Waals surface area (Å²) in [5, 5.41) is 3.24. The summed E-state index contributed by atoms with van der Waals surface area (Å²) in [5.74, 6) is 1.35. The van der Waals surface area contributed by atoms with Gasteiger partial charge in [0.1, 0.15) is 0 Å². The van der Waals surface area contributed by atoms with E-state index in [2.05, 4.69) is 89.0 Å². The summed E-state index contributed by atoms with van der Waals surface area (Å²) in [4.78, 5) is 23.0. The van der Waals surface area contributed by atoms with Crippen LogP contribution < -0.4 is 10.2 Å². The maximum atomic E-state index is 12.9. The summed E-state index contributed by atoms with van der Waals surface area (Å²) in [6.45, 7) is 11.2. The molecule has 2 atom stereocenters. The molecule has 0 aliphatic carbocycles. The Morgan fingerprint density at radius 1 is 0.973 bits per heavy atom. The van der Waals surface area contributed by atoms with Gasteiger partial charge >= 0.3 is 0 Å². The van der Waals surface area contributed by atoms with E-state index in [1.165, 1.54) is 30.4 Å². The summed E-state index contributed by atoms with van der Waals surface area (Å²) in [5.41, 5.74) is 4.81. The number of rotatable bonds is 8. The van der Waals surface area contributed by atoms with E-state index < -0.39 is 0 Å². The van der Waals surface area contributed by atoms with E-state index in [0.29, 0.717) is 12.1 Å². The molecule has 0 spiro atoms. The molecule has 1 aromatic heterocycles. The molecule has 6 nitrogen and oxygen atoms in total. The molecule has 2 aliphatic rings. The van der Waals surface area contributed by atoms with Crippen LogP contribution in [0.15, 0.2) is 48.5 Å². The fraction of sp³-hybridized carbons (Fsp3) is 0.548. The standard InChI is InChI=1S/C31H43N5O/c1-23-10-4-5-13-27(23)22-36-29-15-7-6-14-28(29)33-31(36)34-20-16-26(17-21-34)30(37)32-18-9-19-35-24(2)11-8-12-25(35)3/h4-7,10,13-15,24-26H,8-9,11-12,16-22H2,1-3H3,(H,32,37)/t24-,25-/m1/s1. The molecular weight excluding hydrogens is 458 g/mol. The number of nitrogens with one attached hydrogen (secondary N) is 1. The number of carbonyl (C=O) groups excluding carboxylic acids is 1. The number of aromatic nitrogens is 2. The normalized spacial score (nSPS) is 21.4. The Bertz CT molecular complexity index is 1190. The Balaban J connectivity index is 1.17. The molecule has 3 aromatic rings. The predicted octanol–water partition coefficient (Wildman–Crippen LogP) is 5.38. The fourth-order valence-electron chi connectivity index (χ4n) is 6.29. The average molecular weight is 502 g/mol. The first kappa shape index (κ1) is 25.8. The van der Waals surface area contributed by atoms with Gasteiger partial charge in [-0.15, -0.1) is 0 Å².